The summed E-state index contributed by atoms with van der Waals surface area (Å²) >= 11 is 0. The molecule has 152 valence electrons. The topological polar surface area (TPSA) is 107 Å². The molecule has 0 atom stereocenters. The molecule has 0 saturated heterocycles. The van der Waals surface area contributed by atoms with Gasteiger partial charge in [0.2, 0.25) is 0 Å². The van der Waals surface area contributed by atoms with Gasteiger partial charge in [-0.05, 0) is 32.5 Å². The minimum Gasteiger partial charge on any atom is -0.675 e. The Morgan fingerprint density at radius 2 is 1.86 bits per heavy atom. The summed E-state index contributed by atoms with van der Waals surface area (Å²) in [5.74, 6) is -0.0207. The van der Waals surface area contributed by atoms with Crippen LogP contribution in [0.3, 0.4) is 0 Å². The van der Waals surface area contributed by atoms with Gasteiger partial charge in [0.1, 0.15) is 12.1 Å². The van der Waals surface area contributed by atoms with Crippen molar-refractivity contribution < 1.29 is 13.2 Å². The Bertz CT molecular complexity index is 975. The fraction of sp³-hybridized carbons (Fsp3) is 0.389. The lowest BCUT2D eigenvalue weighted by molar-refractivity contribution is -0.113. The van der Waals surface area contributed by atoms with Gasteiger partial charge in [-0.1, -0.05) is 6.07 Å². The van der Waals surface area contributed by atoms with Crippen LogP contribution in [0.15, 0.2) is 28.4 Å². The van der Waals surface area contributed by atoms with Gasteiger partial charge in [0.05, 0.1) is 5.69 Å². The highest BCUT2D eigenvalue weighted by Gasteiger charge is 2.21. The summed E-state index contributed by atoms with van der Waals surface area (Å²) in [6.07, 6.45) is -4.46. The molecule has 0 bridgehead atoms. The molecule has 1 heterocycles. The van der Waals surface area contributed by atoms with Crippen LogP contribution in [0.25, 0.3) is 5.32 Å². The van der Waals surface area contributed by atoms with Crippen LogP contribution < -0.4 is 4.90 Å². The van der Waals surface area contributed by atoms with Crippen molar-refractivity contribution in [2.75, 3.05) is 24.5 Å². The Morgan fingerprint density at radius 3 is 2.38 bits per heavy atom. The monoisotopic (exact) mass is 403 g/mol. The van der Waals surface area contributed by atoms with Gasteiger partial charge in [0.15, 0.2) is 11.4 Å². The van der Waals surface area contributed by atoms with Gasteiger partial charge >= 0.3 is 6.18 Å². The van der Waals surface area contributed by atoms with Gasteiger partial charge in [-0.25, -0.2) is 0 Å². The predicted octanol–water partition coefficient (Wildman–Crippen LogP) is 4.99. The number of nitriles is 2. The zero-order chi connectivity index (χ0) is 21.6. The van der Waals surface area contributed by atoms with Crippen LogP contribution >= 0.6 is 0 Å². The smallest absolute Gasteiger partial charge is 0.373 e. The Balaban J connectivity index is 2.43. The number of imidazole rings is 1. The summed E-state index contributed by atoms with van der Waals surface area (Å²) in [6.45, 7) is 3.87. The number of benzene rings is 1. The van der Waals surface area contributed by atoms with Gasteiger partial charge < -0.3 is 14.8 Å². The number of aromatic nitrogens is 2. The van der Waals surface area contributed by atoms with Crippen LogP contribution in [0.2, 0.25) is 0 Å². The molecule has 1 aromatic heterocycles. The highest BCUT2D eigenvalue weighted by Crippen LogP contribution is 2.38. The minimum atomic E-state index is -4.46. The van der Waals surface area contributed by atoms with Gasteiger partial charge in [-0.15, -0.1) is 15.9 Å². The standard InChI is InChI=1S/C18H18F3N8/c1-4-29(5-2)12-6-7-13(14(8-12)24-11-18(19,20)21)26-27-17-25-15(9-22)16(10-23)28(17)3/h6-8H,4-5,11H2,1-3H3/q-1. The normalized spacial score (nSPS) is 11.3. The number of hydrogen-bond donors (Lipinski definition) is 0. The molecule has 2 aromatic rings. The molecular formula is C18H18F3N8-. The Morgan fingerprint density at radius 1 is 1.17 bits per heavy atom. The summed E-state index contributed by atoms with van der Waals surface area (Å²) in [5, 5.41) is 29.6. The van der Waals surface area contributed by atoms with Crippen molar-refractivity contribution >= 4 is 23.0 Å². The number of anilines is 1. The molecule has 2 rings (SSSR count). The Labute approximate surface area is 165 Å². The average molecular weight is 403 g/mol. The Hall–Kier alpha value is -3.60. The number of hydrogen-bond acceptors (Lipinski definition) is 6. The van der Waals surface area contributed by atoms with E-state index in [1.807, 2.05) is 24.8 Å². The van der Waals surface area contributed by atoms with Gasteiger partial charge in [-0.3, -0.25) is 0 Å². The molecule has 0 saturated carbocycles. The fourth-order valence-electron chi connectivity index (χ4n) is 2.56. The van der Waals surface area contributed by atoms with Crippen molar-refractivity contribution in [3.05, 3.63) is 34.9 Å². The lowest BCUT2D eigenvalue weighted by atomic mass is 10.2. The predicted molar refractivity (Wildman–Crippen MR) is 101 cm³/mol. The molecule has 0 unspecified atom stereocenters. The van der Waals surface area contributed by atoms with E-state index in [1.165, 1.54) is 23.7 Å². The van der Waals surface area contributed by atoms with Crippen LogP contribution in [0.4, 0.5) is 36.2 Å². The summed E-state index contributed by atoms with van der Waals surface area (Å²) in [6, 6.07) is 8.38. The summed E-state index contributed by atoms with van der Waals surface area (Å²) < 4.78 is 39.3. The van der Waals surface area contributed by atoms with E-state index in [1.54, 1.807) is 12.1 Å². The molecule has 0 radical (unpaired) electrons. The summed E-state index contributed by atoms with van der Waals surface area (Å²) in [4.78, 5) is 5.86. The van der Waals surface area contributed by atoms with Crippen LogP contribution in [-0.4, -0.2) is 35.4 Å². The lowest BCUT2D eigenvalue weighted by Gasteiger charge is -2.28. The molecule has 1 aromatic carbocycles. The van der Waals surface area contributed by atoms with E-state index in [2.05, 4.69) is 20.5 Å². The zero-order valence-corrected chi connectivity index (χ0v) is 16.1. The second-order valence-electron chi connectivity index (χ2n) is 5.87. The van der Waals surface area contributed by atoms with Crippen molar-refractivity contribution in [3.63, 3.8) is 0 Å². The first-order chi connectivity index (χ1) is 13.7. The van der Waals surface area contributed by atoms with E-state index in [0.29, 0.717) is 18.8 Å². The van der Waals surface area contributed by atoms with E-state index in [-0.39, 0.29) is 28.7 Å². The van der Waals surface area contributed by atoms with Crippen LogP contribution in [-0.2, 0) is 7.05 Å². The maximum Gasteiger partial charge on any atom is 0.373 e. The molecule has 0 amide bonds. The number of nitrogens with zero attached hydrogens (tertiary/aromatic N) is 8. The zero-order valence-electron chi connectivity index (χ0n) is 16.1. The molecule has 8 nitrogen and oxygen atoms in total. The molecule has 29 heavy (non-hydrogen) atoms. The molecule has 0 N–H and O–H groups in total. The van der Waals surface area contributed by atoms with E-state index in [0.717, 1.165) is 0 Å². The maximum atomic E-state index is 12.7. The highest BCUT2D eigenvalue weighted by atomic mass is 19.4. The molecule has 0 spiro atoms. The van der Waals surface area contributed by atoms with Gasteiger partial charge in [0.25, 0.3) is 5.95 Å². The summed E-state index contributed by atoms with van der Waals surface area (Å²) in [7, 11) is 1.49. The van der Waals surface area contributed by atoms with Crippen molar-refractivity contribution in [2.45, 2.75) is 20.0 Å². The number of azo groups is 1. The van der Waals surface area contributed by atoms with E-state index < -0.39 is 12.7 Å². The van der Waals surface area contributed by atoms with Crippen LogP contribution in [0.1, 0.15) is 25.2 Å². The average Bonchev–Trinajstić information content (AvgIpc) is 3.00. The van der Waals surface area contributed by atoms with Crippen molar-refractivity contribution in [2.24, 2.45) is 17.3 Å². The van der Waals surface area contributed by atoms with Gasteiger partial charge in [0, 0.05) is 25.8 Å². The minimum absolute atomic E-state index is 0.0142. The van der Waals surface area contributed by atoms with Crippen LogP contribution in [0.5, 0.6) is 0 Å². The summed E-state index contributed by atoms with van der Waals surface area (Å²) in [5.41, 5.74) is 0.768. The maximum absolute atomic E-state index is 12.7. The second kappa shape index (κ2) is 9.06. The fourth-order valence-corrected chi connectivity index (χ4v) is 2.56. The molecule has 0 fully saturated rings. The molecule has 0 aliphatic heterocycles. The number of rotatable bonds is 7. The third-order valence-corrected chi connectivity index (χ3v) is 4.05. The van der Waals surface area contributed by atoms with Crippen LogP contribution in [0, 0.1) is 22.7 Å². The van der Waals surface area contributed by atoms with E-state index >= 15 is 0 Å². The number of halogens is 3. The number of alkyl halides is 3. The van der Waals surface area contributed by atoms with Gasteiger partial charge in [-0.2, -0.15) is 28.7 Å². The highest BCUT2D eigenvalue weighted by molar-refractivity contribution is 5.74. The second-order valence-corrected chi connectivity index (χ2v) is 5.87. The third-order valence-electron chi connectivity index (χ3n) is 4.05. The SMILES string of the molecule is CCN(CC)c1ccc(N=Nc2nc(C#N)c(C#N)n2C)c([N-]CC(F)(F)F)c1. The first kappa shape index (κ1) is 21.7. The van der Waals surface area contributed by atoms with Crippen molar-refractivity contribution in [3.8, 4) is 12.1 Å². The van der Waals surface area contributed by atoms with Crippen molar-refractivity contribution in [1.82, 2.24) is 9.55 Å². The molecule has 0 aliphatic carbocycles. The third kappa shape index (κ3) is 5.23. The first-order valence-electron chi connectivity index (χ1n) is 8.65. The first-order valence-corrected chi connectivity index (χ1v) is 8.65. The quantitative estimate of drug-likeness (QED) is 0.607. The Kier molecular flexibility index (Phi) is 6.78. The lowest BCUT2D eigenvalue weighted by Crippen LogP contribution is -2.21. The molecular weight excluding hydrogens is 385 g/mol. The van der Waals surface area contributed by atoms with E-state index in [4.69, 9.17) is 10.5 Å². The largest absolute Gasteiger partial charge is 0.675 e. The van der Waals surface area contributed by atoms with E-state index in [9.17, 15) is 13.2 Å². The van der Waals surface area contributed by atoms with Crippen molar-refractivity contribution in [1.29, 1.82) is 10.5 Å². The molecule has 11 heteroatoms. The molecule has 0 aliphatic rings.